The van der Waals surface area contributed by atoms with E-state index in [1.807, 2.05) is 18.2 Å². The number of thiazole rings is 1. The minimum absolute atomic E-state index is 0.0377. The molecule has 1 aliphatic heterocycles. The Morgan fingerprint density at radius 3 is 2.24 bits per heavy atom. The fourth-order valence-corrected chi connectivity index (χ4v) is 4.77. The summed E-state index contributed by atoms with van der Waals surface area (Å²) in [5.41, 5.74) is 1.77. The molecule has 1 aliphatic rings. The van der Waals surface area contributed by atoms with Crippen molar-refractivity contribution < 1.29 is 9.59 Å². The van der Waals surface area contributed by atoms with Crippen LogP contribution in [-0.2, 0) is 6.54 Å². The van der Waals surface area contributed by atoms with Crippen LogP contribution in [0.1, 0.15) is 27.1 Å². The summed E-state index contributed by atoms with van der Waals surface area (Å²) < 4.78 is 3.48. The first-order chi connectivity index (χ1) is 12.1. The Kier molecular flexibility index (Phi) is 4.05. The first-order valence-electron chi connectivity index (χ1n) is 7.81. The molecule has 25 heavy (non-hydrogen) atoms. The number of benzene rings is 2. The Labute approximate surface area is 155 Å². The lowest BCUT2D eigenvalue weighted by molar-refractivity contribution is 0.0651. The number of para-hydroxylation sites is 1. The van der Waals surface area contributed by atoms with Gasteiger partial charge in [0.2, 0.25) is 0 Å². The third-order valence-corrected chi connectivity index (χ3v) is 5.86. The summed E-state index contributed by atoms with van der Waals surface area (Å²) in [5.74, 6) is -0.520. The molecule has 4 rings (SSSR count). The van der Waals surface area contributed by atoms with Crippen LogP contribution in [0.2, 0.25) is 0 Å². The molecule has 7 heteroatoms. The largest absolute Gasteiger partial charge is 0.308 e. The average Bonchev–Trinajstić information content (AvgIpc) is 3.05. The Morgan fingerprint density at radius 2 is 1.56 bits per heavy atom. The Bertz CT molecular complexity index is 1030. The van der Waals surface area contributed by atoms with E-state index in [9.17, 15) is 14.4 Å². The summed E-state index contributed by atoms with van der Waals surface area (Å²) in [6, 6.07) is 12.5. The van der Waals surface area contributed by atoms with Gasteiger partial charge in [0.1, 0.15) is 0 Å². The van der Waals surface area contributed by atoms with Crippen molar-refractivity contribution in [3.63, 3.8) is 0 Å². The standard InChI is InChI=1S/C18H13BrN2O3S/c19-13-7-3-8-14-15(13)20(18(24)25-14)9-4-10-21-16(22)11-5-1-2-6-12(11)17(21)23/h1-3,5-8H,4,9-10H2. The quantitative estimate of drug-likeness (QED) is 0.611. The zero-order valence-electron chi connectivity index (χ0n) is 13.1. The van der Waals surface area contributed by atoms with Crippen LogP contribution in [0.3, 0.4) is 0 Å². The molecule has 2 aromatic carbocycles. The smallest absolute Gasteiger partial charge is 0.297 e. The summed E-state index contributed by atoms with van der Waals surface area (Å²) in [6.45, 7) is 0.745. The van der Waals surface area contributed by atoms with Gasteiger partial charge in [0.15, 0.2) is 0 Å². The van der Waals surface area contributed by atoms with Crippen LogP contribution >= 0.6 is 27.3 Å². The van der Waals surface area contributed by atoms with Gasteiger partial charge >= 0.3 is 4.87 Å². The van der Waals surface area contributed by atoms with E-state index in [4.69, 9.17) is 0 Å². The Balaban J connectivity index is 1.53. The SMILES string of the molecule is O=C1c2ccccc2C(=O)N1CCCn1c(=O)sc2cccc(Br)c21. The van der Waals surface area contributed by atoms with Crippen molar-refractivity contribution in [1.29, 1.82) is 0 Å². The first kappa shape index (κ1) is 16.2. The van der Waals surface area contributed by atoms with E-state index < -0.39 is 0 Å². The molecule has 0 spiro atoms. The molecular formula is C18H13BrN2O3S. The summed E-state index contributed by atoms with van der Waals surface area (Å²) >= 11 is 4.68. The van der Waals surface area contributed by atoms with Gasteiger partial charge in [0.05, 0.1) is 21.3 Å². The van der Waals surface area contributed by atoms with Crippen LogP contribution < -0.4 is 4.87 Å². The van der Waals surface area contributed by atoms with Crippen molar-refractivity contribution in [3.8, 4) is 0 Å². The van der Waals surface area contributed by atoms with Crippen LogP contribution in [-0.4, -0.2) is 27.8 Å². The van der Waals surface area contributed by atoms with E-state index in [1.54, 1.807) is 28.8 Å². The molecule has 3 aromatic rings. The molecule has 0 N–H and O–H groups in total. The second-order valence-electron chi connectivity index (χ2n) is 5.77. The molecule has 0 aliphatic carbocycles. The second kappa shape index (κ2) is 6.24. The van der Waals surface area contributed by atoms with Crippen molar-refractivity contribution in [2.75, 3.05) is 6.54 Å². The molecule has 0 radical (unpaired) electrons. The second-order valence-corrected chi connectivity index (χ2v) is 7.61. The number of carbonyl (C=O) groups is 2. The van der Waals surface area contributed by atoms with E-state index in [2.05, 4.69) is 15.9 Å². The highest BCUT2D eigenvalue weighted by Crippen LogP contribution is 2.26. The van der Waals surface area contributed by atoms with Gasteiger partial charge in [-0.05, 0) is 46.6 Å². The number of halogens is 1. The molecule has 126 valence electrons. The van der Waals surface area contributed by atoms with Crippen LogP contribution in [0, 0.1) is 0 Å². The number of hydrogen-bond acceptors (Lipinski definition) is 4. The fraction of sp³-hybridized carbons (Fsp3) is 0.167. The molecule has 2 amide bonds. The summed E-state index contributed by atoms with van der Waals surface area (Å²) in [5, 5.41) is 0. The number of carbonyl (C=O) groups excluding carboxylic acids is 2. The molecule has 0 fully saturated rings. The van der Waals surface area contributed by atoms with Crippen molar-refractivity contribution in [1.82, 2.24) is 9.47 Å². The van der Waals surface area contributed by atoms with Crippen molar-refractivity contribution in [2.24, 2.45) is 0 Å². The van der Waals surface area contributed by atoms with Crippen LogP contribution in [0.15, 0.2) is 51.7 Å². The highest BCUT2D eigenvalue weighted by Gasteiger charge is 2.34. The Hall–Kier alpha value is -2.25. The maximum absolute atomic E-state index is 12.4. The molecular weight excluding hydrogens is 404 g/mol. The van der Waals surface area contributed by atoms with Crippen LogP contribution in [0.5, 0.6) is 0 Å². The van der Waals surface area contributed by atoms with Gasteiger partial charge in [-0.1, -0.05) is 29.5 Å². The zero-order valence-corrected chi connectivity index (χ0v) is 15.5. The number of hydrogen-bond donors (Lipinski definition) is 0. The predicted octanol–water partition coefficient (Wildman–Crippen LogP) is 3.51. The first-order valence-corrected chi connectivity index (χ1v) is 9.42. The fourth-order valence-electron chi connectivity index (χ4n) is 3.11. The van der Waals surface area contributed by atoms with Gasteiger partial charge in [-0.3, -0.25) is 23.9 Å². The third-order valence-electron chi connectivity index (χ3n) is 4.28. The van der Waals surface area contributed by atoms with Gasteiger partial charge in [-0.25, -0.2) is 0 Å². The number of amides is 2. The molecule has 0 atom stereocenters. The van der Waals surface area contributed by atoms with Crippen molar-refractivity contribution in [2.45, 2.75) is 13.0 Å². The van der Waals surface area contributed by atoms with Gasteiger partial charge < -0.3 is 0 Å². The highest BCUT2D eigenvalue weighted by molar-refractivity contribution is 9.10. The predicted molar refractivity (Wildman–Crippen MR) is 100 cm³/mol. The summed E-state index contributed by atoms with van der Waals surface area (Å²) in [6.07, 6.45) is 0.526. The molecule has 1 aromatic heterocycles. The summed E-state index contributed by atoms with van der Waals surface area (Å²) in [7, 11) is 0. The Morgan fingerprint density at radius 1 is 0.880 bits per heavy atom. The van der Waals surface area contributed by atoms with Gasteiger partial charge in [-0.15, -0.1) is 0 Å². The van der Waals surface area contributed by atoms with Crippen molar-refractivity contribution >= 4 is 49.3 Å². The normalized spacial score (nSPS) is 13.7. The van der Waals surface area contributed by atoms with Crippen LogP contribution in [0.25, 0.3) is 10.2 Å². The number of nitrogens with zero attached hydrogens (tertiary/aromatic N) is 2. The summed E-state index contributed by atoms with van der Waals surface area (Å²) in [4.78, 5) is 38.2. The van der Waals surface area contributed by atoms with Gasteiger partial charge in [-0.2, -0.15) is 0 Å². The molecule has 0 bridgehead atoms. The third kappa shape index (κ3) is 2.63. The highest BCUT2D eigenvalue weighted by atomic mass is 79.9. The van der Waals surface area contributed by atoms with Gasteiger partial charge in [0, 0.05) is 17.6 Å². The molecule has 5 nitrogen and oxygen atoms in total. The maximum Gasteiger partial charge on any atom is 0.308 e. The number of aromatic nitrogens is 1. The van der Waals surface area contributed by atoms with Crippen molar-refractivity contribution in [3.05, 3.63) is 67.7 Å². The number of imide groups is 1. The molecule has 0 unspecified atom stereocenters. The zero-order chi connectivity index (χ0) is 17.6. The minimum Gasteiger partial charge on any atom is -0.297 e. The number of rotatable bonds is 4. The lowest BCUT2D eigenvalue weighted by Crippen LogP contribution is -2.31. The maximum atomic E-state index is 12.4. The lowest BCUT2D eigenvalue weighted by Gasteiger charge is -2.14. The average molecular weight is 417 g/mol. The molecule has 0 saturated heterocycles. The van der Waals surface area contributed by atoms with E-state index in [-0.39, 0.29) is 16.7 Å². The van der Waals surface area contributed by atoms with Crippen LogP contribution in [0.4, 0.5) is 0 Å². The lowest BCUT2D eigenvalue weighted by atomic mass is 10.1. The number of aryl methyl sites for hydroxylation is 1. The molecule has 0 saturated carbocycles. The minimum atomic E-state index is -0.260. The number of fused-ring (bicyclic) bond motifs is 2. The van der Waals surface area contributed by atoms with E-state index in [1.165, 1.54) is 16.2 Å². The van der Waals surface area contributed by atoms with E-state index >= 15 is 0 Å². The van der Waals surface area contributed by atoms with E-state index in [0.717, 1.165) is 14.7 Å². The van der Waals surface area contributed by atoms with E-state index in [0.29, 0.717) is 30.6 Å². The monoisotopic (exact) mass is 416 g/mol. The topological polar surface area (TPSA) is 59.4 Å². The molecule has 2 heterocycles. The van der Waals surface area contributed by atoms with Gasteiger partial charge in [0.25, 0.3) is 11.8 Å².